The molecule has 1 unspecified atom stereocenters. The maximum atomic E-state index is 12.1. The van der Waals surface area contributed by atoms with Gasteiger partial charge in [0.05, 0.1) is 11.6 Å². The molecule has 1 aromatic rings. The van der Waals surface area contributed by atoms with Crippen LogP contribution in [0.4, 0.5) is 5.69 Å². The zero-order valence-electron chi connectivity index (χ0n) is 13.6. The number of para-hydroxylation sites is 2. The van der Waals surface area contributed by atoms with Gasteiger partial charge < -0.3 is 20.3 Å². The van der Waals surface area contributed by atoms with Crippen LogP contribution in [-0.4, -0.2) is 44.6 Å². The maximum absolute atomic E-state index is 12.1. The highest BCUT2D eigenvalue weighted by Gasteiger charge is 2.25. The molecule has 0 bridgehead atoms. The zero-order valence-corrected chi connectivity index (χ0v) is 14.4. The monoisotopic (exact) mass is 353 g/mol. The van der Waals surface area contributed by atoms with E-state index in [0.717, 1.165) is 43.8 Å². The first-order chi connectivity index (χ1) is 11.3. The van der Waals surface area contributed by atoms with Gasteiger partial charge in [-0.25, -0.2) is 0 Å². The fourth-order valence-corrected chi connectivity index (χ4v) is 3.07. The lowest BCUT2D eigenvalue weighted by Crippen LogP contribution is -2.42. The van der Waals surface area contributed by atoms with Crippen molar-refractivity contribution in [3.8, 4) is 5.75 Å². The van der Waals surface area contributed by atoms with E-state index in [9.17, 15) is 9.59 Å². The summed E-state index contributed by atoms with van der Waals surface area (Å²) in [6, 6.07) is 7.54. The highest BCUT2D eigenvalue weighted by Crippen LogP contribution is 2.31. The Morgan fingerprint density at radius 2 is 2.21 bits per heavy atom. The number of piperidine rings is 1. The van der Waals surface area contributed by atoms with Gasteiger partial charge in [0.15, 0.2) is 6.61 Å². The number of nitrogens with zero attached hydrogens (tertiary/aromatic N) is 1. The lowest BCUT2D eigenvalue weighted by Gasteiger charge is -2.29. The van der Waals surface area contributed by atoms with Crippen LogP contribution in [0.5, 0.6) is 5.75 Å². The second kappa shape index (κ2) is 8.89. The molecule has 2 aliphatic heterocycles. The van der Waals surface area contributed by atoms with Crippen LogP contribution in [-0.2, 0) is 9.59 Å². The number of carbonyl (C=O) groups is 2. The number of nitrogens with one attached hydrogen (secondary N) is 2. The average molecular weight is 354 g/mol. The van der Waals surface area contributed by atoms with Crippen LogP contribution in [0.25, 0.3) is 0 Å². The molecule has 0 radical (unpaired) electrons. The number of amides is 2. The van der Waals surface area contributed by atoms with Gasteiger partial charge in [-0.2, -0.15) is 0 Å². The van der Waals surface area contributed by atoms with Gasteiger partial charge in [0, 0.05) is 19.6 Å². The Bertz CT molecular complexity index is 576. The summed E-state index contributed by atoms with van der Waals surface area (Å²) in [4.78, 5) is 25.8. The van der Waals surface area contributed by atoms with Crippen LogP contribution in [0, 0.1) is 5.92 Å². The molecule has 2 amide bonds. The van der Waals surface area contributed by atoms with Crippen LogP contribution in [0.2, 0.25) is 0 Å². The first-order valence-corrected chi connectivity index (χ1v) is 8.26. The second-order valence-electron chi connectivity index (χ2n) is 5.99. The number of hydrogen-bond donors (Lipinski definition) is 2. The van der Waals surface area contributed by atoms with E-state index in [2.05, 4.69) is 10.6 Å². The van der Waals surface area contributed by atoms with Crippen molar-refractivity contribution >= 4 is 29.9 Å². The number of ether oxygens (including phenoxy) is 1. The average Bonchev–Trinajstić information content (AvgIpc) is 2.60. The number of halogens is 1. The molecule has 2 N–H and O–H groups in total. The smallest absolute Gasteiger partial charge is 0.265 e. The summed E-state index contributed by atoms with van der Waals surface area (Å²) >= 11 is 0. The maximum Gasteiger partial charge on any atom is 0.265 e. The Morgan fingerprint density at radius 1 is 1.38 bits per heavy atom. The van der Waals surface area contributed by atoms with Crippen molar-refractivity contribution in [2.24, 2.45) is 5.92 Å². The predicted molar refractivity (Wildman–Crippen MR) is 94.8 cm³/mol. The summed E-state index contributed by atoms with van der Waals surface area (Å²) in [5.41, 5.74) is 0.812. The van der Waals surface area contributed by atoms with Crippen LogP contribution in [0.1, 0.15) is 19.3 Å². The summed E-state index contributed by atoms with van der Waals surface area (Å²) in [6.45, 7) is 3.02. The minimum absolute atomic E-state index is 0. The first kappa shape index (κ1) is 18.5. The quantitative estimate of drug-likeness (QED) is 0.784. The summed E-state index contributed by atoms with van der Waals surface area (Å²) in [5, 5.41) is 6.23. The number of benzene rings is 1. The molecule has 0 aromatic heterocycles. The van der Waals surface area contributed by atoms with E-state index in [1.165, 1.54) is 0 Å². The van der Waals surface area contributed by atoms with Crippen molar-refractivity contribution in [3.63, 3.8) is 0 Å². The van der Waals surface area contributed by atoms with E-state index in [0.29, 0.717) is 13.1 Å². The molecular formula is C17H24ClN3O3. The minimum atomic E-state index is -0.0356. The van der Waals surface area contributed by atoms with Gasteiger partial charge in [0.2, 0.25) is 5.91 Å². The highest BCUT2D eigenvalue weighted by atomic mass is 35.5. The Morgan fingerprint density at radius 3 is 3.00 bits per heavy atom. The molecule has 24 heavy (non-hydrogen) atoms. The van der Waals surface area contributed by atoms with Crippen molar-refractivity contribution < 1.29 is 14.3 Å². The molecule has 0 saturated carbocycles. The fraction of sp³-hybridized carbons (Fsp3) is 0.529. The molecule has 1 aromatic carbocycles. The Kier molecular flexibility index (Phi) is 6.87. The largest absolute Gasteiger partial charge is 0.482 e. The van der Waals surface area contributed by atoms with Gasteiger partial charge in [-0.1, -0.05) is 12.1 Å². The lowest BCUT2D eigenvalue weighted by molar-refractivity contribution is -0.125. The molecule has 3 rings (SSSR count). The number of fused-ring (bicyclic) bond motifs is 1. The van der Waals surface area contributed by atoms with Gasteiger partial charge in [-0.3, -0.25) is 9.59 Å². The molecule has 1 fully saturated rings. The van der Waals surface area contributed by atoms with E-state index >= 15 is 0 Å². The van der Waals surface area contributed by atoms with E-state index in [1.54, 1.807) is 4.90 Å². The van der Waals surface area contributed by atoms with E-state index in [1.807, 2.05) is 24.3 Å². The Hall–Kier alpha value is -1.79. The molecule has 0 aliphatic carbocycles. The Labute approximate surface area is 148 Å². The van der Waals surface area contributed by atoms with Gasteiger partial charge in [0.1, 0.15) is 5.75 Å². The lowest BCUT2D eigenvalue weighted by atomic mass is 9.99. The van der Waals surface area contributed by atoms with E-state index in [-0.39, 0.29) is 36.7 Å². The second-order valence-corrected chi connectivity index (χ2v) is 5.99. The SMILES string of the molecule is Cl.O=C(NCCCN1C(=O)COc2ccccc21)C1CCCNC1. The molecule has 7 heteroatoms. The van der Waals surface area contributed by atoms with Gasteiger partial charge in [-0.15, -0.1) is 12.4 Å². The van der Waals surface area contributed by atoms with Crippen molar-refractivity contribution in [2.45, 2.75) is 19.3 Å². The van der Waals surface area contributed by atoms with E-state index in [4.69, 9.17) is 4.74 Å². The van der Waals surface area contributed by atoms with Crippen LogP contribution < -0.4 is 20.3 Å². The standard InChI is InChI=1S/C17H23N3O3.ClH/c21-16-12-23-15-7-2-1-6-14(15)20(16)10-4-9-19-17(22)13-5-3-8-18-11-13;/h1-2,6-7,13,18H,3-5,8-12H2,(H,19,22);1H. The van der Waals surface area contributed by atoms with Crippen molar-refractivity contribution in [1.82, 2.24) is 10.6 Å². The number of rotatable bonds is 5. The van der Waals surface area contributed by atoms with Crippen molar-refractivity contribution in [1.29, 1.82) is 0 Å². The summed E-state index contributed by atoms with van der Waals surface area (Å²) in [5.74, 6) is 0.899. The minimum Gasteiger partial charge on any atom is -0.482 e. The van der Waals surface area contributed by atoms with Crippen molar-refractivity contribution in [3.05, 3.63) is 24.3 Å². The topological polar surface area (TPSA) is 70.7 Å². The molecule has 132 valence electrons. The van der Waals surface area contributed by atoms with Crippen LogP contribution in [0.3, 0.4) is 0 Å². The zero-order chi connectivity index (χ0) is 16.1. The van der Waals surface area contributed by atoms with Crippen molar-refractivity contribution in [2.75, 3.05) is 37.7 Å². The third kappa shape index (κ3) is 4.39. The van der Waals surface area contributed by atoms with Crippen LogP contribution in [0.15, 0.2) is 24.3 Å². The number of anilines is 1. The third-order valence-electron chi connectivity index (χ3n) is 4.33. The fourth-order valence-electron chi connectivity index (χ4n) is 3.07. The number of carbonyl (C=O) groups excluding carboxylic acids is 2. The molecule has 2 aliphatic rings. The first-order valence-electron chi connectivity index (χ1n) is 8.26. The number of hydrogen-bond acceptors (Lipinski definition) is 4. The van der Waals surface area contributed by atoms with Gasteiger partial charge in [0.25, 0.3) is 5.91 Å². The van der Waals surface area contributed by atoms with Gasteiger partial charge in [-0.05, 0) is 37.9 Å². The molecule has 6 nitrogen and oxygen atoms in total. The highest BCUT2D eigenvalue weighted by molar-refractivity contribution is 5.97. The van der Waals surface area contributed by atoms with Crippen LogP contribution >= 0.6 is 12.4 Å². The summed E-state index contributed by atoms with van der Waals surface area (Å²) in [7, 11) is 0. The third-order valence-corrected chi connectivity index (χ3v) is 4.33. The van der Waals surface area contributed by atoms with E-state index < -0.39 is 0 Å². The predicted octanol–water partition coefficient (Wildman–Crippen LogP) is 1.34. The molecule has 0 spiro atoms. The molecule has 1 atom stereocenters. The normalized spacial score (nSPS) is 19.8. The molecule has 2 heterocycles. The Balaban J connectivity index is 0.00000208. The molecule has 1 saturated heterocycles. The van der Waals surface area contributed by atoms with Gasteiger partial charge >= 0.3 is 0 Å². The molecular weight excluding hydrogens is 330 g/mol. The summed E-state index contributed by atoms with van der Waals surface area (Å²) in [6.07, 6.45) is 2.73. The summed E-state index contributed by atoms with van der Waals surface area (Å²) < 4.78 is 5.42.